The summed E-state index contributed by atoms with van der Waals surface area (Å²) < 4.78 is 45.4. The molecule has 0 aromatic heterocycles. The minimum Gasteiger partial charge on any atom is -0.760 e. The van der Waals surface area contributed by atoms with Gasteiger partial charge in [0.25, 0.3) is 5.92 Å². The molecular weight excluding hydrogens is 164 g/mol. The molecule has 1 aliphatic heterocycles. The SMILES string of the molecule is O=S([O-])N1CCC(F)(F)C1. The fourth-order valence-corrected chi connectivity index (χ4v) is 1.37. The summed E-state index contributed by atoms with van der Waals surface area (Å²) in [7, 11) is 0. The third kappa shape index (κ3) is 1.71. The zero-order chi connectivity index (χ0) is 7.78. The van der Waals surface area contributed by atoms with Gasteiger partial charge in [-0.25, -0.2) is 13.1 Å². The molecule has 0 saturated carbocycles. The van der Waals surface area contributed by atoms with Crippen LogP contribution in [-0.4, -0.2) is 32.1 Å². The van der Waals surface area contributed by atoms with Gasteiger partial charge >= 0.3 is 0 Å². The molecule has 1 atom stereocenters. The summed E-state index contributed by atoms with van der Waals surface area (Å²) in [5, 5.41) is 0. The molecule has 1 aliphatic rings. The Labute approximate surface area is 59.4 Å². The van der Waals surface area contributed by atoms with Crippen LogP contribution in [0.1, 0.15) is 6.42 Å². The highest BCUT2D eigenvalue weighted by Gasteiger charge is 2.38. The van der Waals surface area contributed by atoms with Crippen molar-refractivity contribution in [3.05, 3.63) is 0 Å². The summed E-state index contributed by atoms with van der Waals surface area (Å²) in [5.41, 5.74) is 0. The first-order valence-corrected chi connectivity index (χ1v) is 3.77. The van der Waals surface area contributed by atoms with E-state index in [2.05, 4.69) is 0 Å². The summed E-state index contributed by atoms with van der Waals surface area (Å²) in [6.45, 7) is -0.730. The Morgan fingerprint density at radius 3 is 2.40 bits per heavy atom. The van der Waals surface area contributed by atoms with Crippen LogP contribution >= 0.6 is 0 Å². The Bertz CT molecular complexity index is 163. The third-order valence-corrected chi connectivity index (χ3v) is 2.08. The van der Waals surface area contributed by atoms with Gasteiger partial charge in [0, 0.05) is 24.2 Å². The van der Waals surface area contributed by atoms with Crippen LogP contribution in [0, 0.1) is 0 Å². The lowest BCUT2D eigenvalue weighted by molar-refractivity contribution is 0.0182. The number of hydrogen-bond acceptors (Lipinski definition) is 2. The topological polar surface area (TPSA) is 43.4 Å². The average Bonchev–Trinajstić information content (AvgIpc) is 2.10. The van der Waals surface area contributed by atoms with Gasteiger partial charge in [-0.15, -0.1) is 0 Å². The molecule has 10 heavy (non-hydrogen) atoms. The lowest BCUT2D eigenvalue weighted by Gasteiger charge is -2.16. The molecule has 6 heteroatoms. The van der Waals surface area contributed by atoms with E-state index in [-0.39, 0.29) is 13.0 Å². The quantitative estimate of drug-likeness (QED) is 0.524. The lowest BCUT2D eigenvalue weighted by atomic mass is 10.3. The number of nitrogens with zero attached hydrogens (tertiary/aromatic N) is 1. The Kier molecular flexibility index (Phi) is 2.02. The highest BCUT2D eigenvalue weighted by molar-refractivity contribution is 7.76. The van der Waals surface area contributed by atoms with Crippen molar-refractivity contribution in [2.75, 3.05) is 13.1 Å². The van der Waals surface area contributed by atoms with Crippen LogP contribution in [0.25, 0.3) is 0 Å². The molecule has 0 aromatic carbocycles. The van der Waals surface area contributed by atoms with Gasteiger partial charge in [-0.1, -0.05) is 0 Å². The molecule has 0 radical (unpaired) electrons. The van der Waals surface area contributed by atoms with E-state index in [0.29, 0.717) is 0 Å². The number of hydrogen-bond donors (Lipinski definition) is 0. The summed E-state index contributed by atoms with van der Waals surface area (Å²) >= 11 is -2.48. The molecular formula is C4H6F2NO2S-. The Hall–Kier alpha value is -0.0700. The molecule has 3 nitrogen and oxygen atoms in total. The monoisotopic (exact) mass is 170 g/mol. The van der Waals surface area contributed by atoms with E-state index in [4.69, 9.17) is 0 Å². The Morgan fingerprint density at radius 2 is 2.20 bits per heavy atom. The van der Waals surface area contributed by atoms with Crippen molar-refractivity contribution in [2.45, 2.75) is 12.3 Å². The van der Waals surface area contributed by atoms with Gasteiger partial charge < -0.3 is 4.55 Å². The van der Waals surface area contributed by atoms with Crippen LogP contribution in [0.15, 0.2) is 0 Å². The van der Waals surface area contributed by atoms with Crippen molar-refractivity contribution in [1.82, 2.24) is 4.31 Å². The fourth-order valence-electron chi connectivity index (χ4n) is 0.832. The Balaban J connectivity index is 2.51. The molecule has 0 amide bonds. The van der Waals surface area contributed by atoms with E-state index in [1.54, 1.807) is 0 Å². The smallest absolute Gasteiger partial charge is 0.262 e. The van der Waals surface area contributed by atoms with Crippen LogP contribution < -0.4 is 0 Å². The maximum atomic E-state index is 12.2. The lowest BCUT2D eigenvalue weighted by Crippen LogP contribution is -2.26. The van der Waals surface area contributed by atoms with Crippen LogP contribution in [0.5, 0.6) is 0 Å². The van der Waals surface area contributed by atoms with Gasteiger partial charge in [-0.05, 0) is 0 Å². The number of halogens is 2. The van der Waals surface area contributed by atoms with Crippen LogP contribution in [0.2, 0.25) is 0 Å². The molecule has 1 saturated heterocycles. The van der Waals surface area contributed by atoms with Crippen LogP contribution in [0.3, 0.4) is 0 Å². The Morgan fingerprint density at radius 1 is 1.60 bits per heavy atom. The first-order valence-electron chi connectivity index (χ1n) is 2.73. The highest BCUT2D eigenvalue weighted by Crippen LogP contribution is 2.26. The van der Waals surface area contributed by atoms with E-state index in [1.807, 2.05) is 0 Å². The van der Waals surface area contributed by atoms with Gasteiger partial charge in [-0.3, -0.25) is 4.21 Å². The molecule has 1 rings (SSSR count). The zero-order valence-corrected chi connectivity index (χ0v) is 5.87. The number of rotatable bonds is 1. The molecule has 0 spiro atoms. The van der Waals surface area contributed by atoms with E-state index >= 15 is 0 Å². The second-order valence-electron chi connectivity index (χ2n) is 2.19. The molecule has 60 valence electrons. The number of alkyl halides is 2. The molecule has 0 bridgehead atoms. The van der Waals surface area contributed by atoms with Gasteiger partial charge in [0.2, 0.25) is 0 Å². The molecule has 0 aliphatic carbocycles. The van der Waals surface area contributed by atoms with Gasteiger partial charge in [0.1, 0.15) is 0 Å². The van der Waals surface area contributed by atoms with E-state index in [9.17, 15) is 17.5 Å². The van der Waals surface area contributed by atoms with Crippen molar-refractivity contribution >= 4 is 11.3 Å². The van der Waals surface area contributed by atoms with Crippen LogP contribution in [0.4, 0.5) is 8.78 Å². The van der Waals surface area contributed by atoms with Crippen molar-refractivity contribution < 1.29 is 17.5 Å². The van der Waals surface area contributed by atoms with Gasteiger partial charge in [0.15, 0.2) is 0 Å². The third-order valence-electron chi connectivity index (χ3n) is 1.35. The second-order valence-corrected chi connectivity index (χ2v) is 3.14. The molecule has 1 heterocycles. The summed E-state index contributed by atoms with van der Waals surface area (Å²) in [6, 6.07) is 0. The predicted molar refractivity (Wildman–Crippen MR) is 30.1 cm³/mol. The predicted octanol–water partition coefficient (Wildman–Crippen LogP) is 0.122. The maximum absolute atomic E-state index is 12.2. The first kappa shape index (κ1) is 8.03. The van der Waals surface area contributed by atoms with Crippen molar-refractivity contribution in [2.24, 2.45) is 0 Å². The normalized spacial score (nSPS) is 28.7. The van der Waals surface area contributed by atoms with Crippen molar-refractivity contribution in [1.29, 1.82) is 0 Å². The standard InChI is InChI=1S/C4H7F2NO2S/c5-4(6)1-2-7(3-4)10(8)9/h1-3H2,(H,8,9)/p-1. The highest BCUT2D eigenvalue weighted by atomic mass is 32.2. The van der Waals surface area contributed by atoms with Gasteiger partial charge in [0.05, 0.1) is 6.54 Å². The summed E-state index contributed by atoms with van der Waals surface area (Å²) in [5.74, 6) is -2.82. The molecule has 0 N–H and O–H groups in total. The first-order chi connectivity index (χ1) is 4.51. The van der Waals surface area contributed by atoms with E-state index < -0.39 is 23.7 Å². The minimum absolute atomic E-state index is 0.0664. The van der Waals surface area contributed by atoms with Crippen molar-refractivity contribution in [3.63, 3.8) is 0 Å². The molecule has 1 fully saturated rings. The van der Waals surface area contributed by atoms with E-state index in [1.165, 1.54) is 0 Å². The summed E-state index contributed by atoms with van der Waals surface area (Å²) in [6.07, 6.45) is -0.360. The average molecular weight is 170 g/mol. The van der Waals surface area contributed by atoms with Crippen molar-refractivity contribution in [3.8, 4) is 0 Å². The molecule has 1 unspecified atom stereocenters. The second kappa shape index (κ2) is 2.52. The zero-order valence-electron chi connectivity index (χ0n) is 5.05. The summed E-state index contributed by atoms with van der Waals surface area (Å²) in [4.78, 5) is 0. The largest absolute Gasteiger partial charge is 0.760 e. The maximum Gasteiger partial charge on any atom is 0.262 e. The van der Waals surface area contributed by atoms with Crippen LogP contribution in [-0.2, 0) is 11.3 Å². The minimum atomic E-state index is -2.82. The van der Waals surface area contributed by atoms with E-state index in [0.717, 1.165) is 4.31 Å². The molecule has 0 aromatic rings. The fraction of sp³-hybridized carbons (Fsp3) is 1.00. The van der Waals surface area contributed by atoms with Gasteiger partial charge in [-0.2, -0.15) is 0 Å².